The van der Waals surface area contributed by atoms with Gasteiger partial charge in [0.25, 0.3) is 0 Å². The van der Waals surface area contributed by atoms with E-state index in [1.54, 1.807) is 9.80 Å². The molecule has 2 atom stereocenters. The van der Waals surface area contributed by atoms with Crippen molar-refractivity contribution in [1.29, 1.82) is 0 Å². The summed E-state index contributed by atoms with van der Waals surface area (Å²) >= 11 is 0. The van der Waals surface area contributed by atoms with Crippen LogP contribution < -0.4 is 0 Å². The standard InChI is InChI=1S/C29H34N4O5/c1-29(2,3)38-28(35)33-16-10-15-23(21-13-8-5-9-14-21)24(33)26-31-30-25(37-26)22-17-32(18-22)27(34)36-19-20-11-6-4-7-12-20/h4-9,11-14,22-24H,10,15-19H2,1-3H3. The van der Waals surface area contributed by atoms with Gasteiger partial charge in [0.2, 0.25) is 11.8 Å². The van der Waals surface area contributed by atoms with E-state index in [1.165, 1.54) is 0 Å². The second-order valence-electron chi connectivity index (χ2n) is 10.9. The molecule has 2 amide bonds. The van der Waals surface area contributed by atoms with E-state index in [2.05, 4.69) is 22.3 Å². The fourth-order valence-corrected chi connectivity index (χ4v) is 5.00. The van der Waals surface area contributed by atoms with E-state index in [0.29, 0.717) is 31.4 Å². The molecule has 9 heteroatoms. The van der Waals surface area contributed by atoms with Crippen molar-refractivity contribution in [2.75, 3.05) is 19.6 Å². The number of carbonyl (C=O) groups excluding carboxylic acids is 2. The summed E-state index contributed by atoms with van der Waals surface area (Å²) in [4.78, 5) is 29.0. The van der Waals surface area contributed by atoms with Crippen molar-refractivity contribution in [3.63, 3.8) is 0 Å². The van der Waals surface area contributed by atoms with Crippen LogP contribution in [0, 0.1) is 0 Å². The molecule has 0 saturated carbocycles. The lowest BCUT2D eigenvalue weighted by atomic mass is 9.83. The topological polar surface area (TPSA) is 98.0 Å². The lowest BCUT2D eigenvalue weighted by Crippen LogP contribution is -2.48. The molecule has 2 unspecified atom stereocenters. The van der Waals surface area contributed by atoms with Gasteiger partial charge < -0.3 is 18.8 Å². The first-order valence-electron chi connectivity index (χ1n) is 13.1. The number of benzene rings is 2. The van der Waals surface area contributed by atoms with Gasteiger partial charge in [0.1, 0.15) is 18.2 Å². The van der Waals surface area contributed by atoms with Crippen molar-refractivity contribution in [2.45, 2.75) is 63.7 Å². The Morgan fingerprint density at radius 3 is 2.29 bits per heavy atom. The van der Waals surface area contributed by atoms with Crippen molar-refractivity contribution >= 4 is 12.2 Å². The Kier molecular flexibility index (Phi) is 7.35. The Hall–Kier alpha value is -3.88. The second kappa shape index (κ2) is 10.8. The number of hydrogen-bond acceptors (Lipinski definition) is 7. The molecule has 2 fully saturated rings. The number of rotatable bonds is 5. The molecule has 0 bridgehead atoms. The van der Waals surface area contributed by atoms with Crippen molar-refractivity contribution in [3.8, 4) is 0 Å². The molecule has 200 valence electrons. The number of likely N-dealkylation sites (tertiary alicyclic amines) is 2. The zero-order chi connectivity index (χ0) is 26.7. The third-order valence-electron chi connectivity index (χ3n) is 6.89. The number of amides is 2. The van der Waals surface area contributed by atoms with Crippen molar-refractivity contribution in [2.24, 2.45) is 0 Å². The summed E-state index contributed by atoms with van der Waals surface area (Å²) in [6, 6.07) is 19.3. The average Bonchev–Trinajstić information content (AvgIpc) is 3.35. The quantitative estimate of drug-likeness (QED) is 0.430. The van der Waals surface area contributed by atoms with Crippen LogP contribution in [0.3, 0.4) is 0 Å². The van der Waals surface area contributed by atoms with Gasteiger partial charge in [-0.15, -0.1) is 10.2 Å². The van der Waals surface area contributed by atoms with Crippen molar-refractivity contribution in [3.05, 3.63) is 83.6 Å². The van der Waals surface area contributed by atoms with Crippen LogP contribution in [0.1, 0.15) is 74.4 Å². The predicted octanol–water partition coefficient (Wildman–Crippen LogP) is 5.66. The lowest BCUT2D eigenvalue weighted by Gasteiger charge is -2.40. The summed E-state index contributed by atoms with van der Waals surface area (Å²) in [5, 5.41) is 8.72. The number of hydrogen-bond donors (Lipinski definition) is 0. The Labute approximate surface area is 222 Å². The van der Waals surface area contributed by atoms with E-state index >= 15 is 0 Å². The molecule has 0 radical (unpaired) electrons. The molecule has 0 aliphatic carbocycles. The minimum Gasteiger partial charge on any atom is -0.445 e. The van der Waals surface area contributed by atoms with E-state index in [4.69, 9.17) is 13.9 Å². The van der Waals surface area contributed by atoms with Gasteiger partial charge in [-0.3, -0.25) is 4.90 Å². The average molecular weight is 519 g/mol. The lowest BCUT2D eigenvalue weighted by molar-refractivity contribution is 0.00153. The molecule has 5 rings (SSSR count). The molecule has 1 aromatic heterocycles. The molecular formula is C29H34N4O5. The van der Waals surface area contributed by atoms with Crippen LogP contribution in [-0.4, -0.2) is 57.4 Å². The SMILES string of the molecule is CC(C)(C)OC(=O)N1CCCC(c2ccccc2)C1c1nnc(C2CN(C(=O)OCc3ccccc3)C2)o1. The van der Waals surface area contributed by atoms with Crippen molar-refractivity contribution in [1.82, 2.24) is 20.0 Å². The molecule has 2 aliphatic heterocycles. The van der Waals surface area contributed by atoms with E-state index in [-0.39, 0.29) is 30.6 Å². The third kappa shape index (κ3) is 5.82. The fourth-order valence-electron chi connectivity index (χ4n) is 5.00. The molecule has 0 spiro atoms. The normalized spacial score (nSPS) is 20.1. The van der Waals surface area contributed by atoms with E-state index in [0.717, 1.165) is 24.0 Å². The highest BCUT2D eigenvalue weighted by Gasteiger charge is 2.43. The highest BCUT2D eigenvalue weighted by atomic mass is 16.6. The summed E-state index contributed by atoms with van der Waals surface area (Å²) < 4.78 is 17.4. The van der Waals surface area contributed by atoms with Crippen molar-refractivity contribution < 1.29 is 23.5 Å². The van der Waals surface area contributed by atoms with E-state index in [1.807, 2.05) is 69.3 Å². The molecule has 9 nitrogen and oxygen atoms in total. The molecule has 0 N–H and O–H groups in total. The van der Waals surface area contributed by atoms with Gasteiger partial charge in [-0.1, -0.05) is 60.7 Å². The molecule has 3 aromatic rings. The van der Waals surface area contributed by atoms with Gasteiger partial charge in [0.05, 0.1) is 5.92 Å². The van der Waals surface area contributed by atoms with Gasteiger partial charge in [0.15, 0.2) is 0 Å². The van der Waals surface area contributed by atoms with Crippen LogP contribution in [0.15, 0.2) is 65.1 Å². The zero-order valence-electron chi connectivity index (χ0n) is 22.1. The first-order valence-corrected chi connectivity index (χ1v) is 13.1. The number of piperidine rings is 1. The smallest absolute Gasteiger partial charge is 0.410 e. The number of carbonyl (C=O) groups is 2. The van der Waals surface area contributed by atoms with Crippen LogP contribution in [0.4, 0.5) is 9.59 Å². The maximum Gasteiger partial charge on any atom is 0.410 e. The van der Waals surface area contributed by atoms with Crippen LogP contribution in [0.2, 0.25) is 0 Å². The fraction of sp³-hybridized carbons (Fsp3) is 0.448. The van der Waals surface area contributed by atoms with Crippen LogP contribution in [0.25, 0.3) is 0 Å². The summed E-state index contributed by atoms with van der Waals surface area (Å²) in [5.41, 5.74) is 1.43. The monoisotopic (exact) mass is 518 g/mol. The molecule has 2 aromatic carbocycles. The Morgan fingerprint density at radius 1 is 0.947 bits per heavy atom. The molecule has 3 heterocycles. The van der Waals surface area contributed by atoms with Gasteiger partial charge in [-0.05, 0) is 44.7 Å². The van der Waals surface area contributed by atoms with Crippen LogP contribution in [-0.2, 0) is 16.1 Å². The third-order valence-corrected chi connectivity index (χ3v) is 6.89. The van der Waals surface area contributed by atoms with Gasteiger partial charge in [-0.25, -0.2) is 9.59 Å². The molecular weight excluding hydrogens is 484 g/mol. The number of nitrogens with zero attached hydrogens (tertiary/aromatic N) is 4. The molecule has 38 heavy (non-hydrogen) atoms. The van der Waals surface area contributed by atoms with Crippen LogP contribution >= 0.6 is 0 Å². The maximum atomic E-state index is 13.2. The minimum absolute atomic E-state index is 0.00313. The highest BCUT2D eigenvalue weighted by molar-refractivity contribution is 5.69. The highest BCUT2D eigenvalue weighted by Crippen LogP contribution is 2.43. The Bertz CT molecular complexity index is 1230. The number of aromatic nitrogens is 2. The Morgan fingerprint density at radius 2 is 1.61 bits per heavy atom. The first kappa shape index (κ1) is 25.8. The first-order chi connectivity index (χ1) is 18.3. The zero-order valence-corrected chi connectivity index (χ0v) is 22.1. The predicted molar refractivity (Wildman–Crippen MR) is 139 cm³/mol. The maximum absolute atomic E-state index is 13.2. The Balaban J connectivity index is 1.29. The van der Waals surface area contributed by atoms with Crippen LogP contribution in [0.5, 0.6) is 0 Å². The van der Waals surface area contributed by atoms with E-state index < -0.39 is 11.6 Å². The number of ether oxygens (including phenoxy) is 2. The largest absolute Gasteiger partial charge is 0.445 e. The minimum atomic E-state index is -0.619. The molecule has 2 aliphatic rings. The van der Waals surface area contributed by atoms with Gasteiger partial charge in [0, 0.05) is 25.6 Å². The summed E-state index contributed by atoms with van der Waals surface area (Å²) in [6.45, 7) is 7.24. The summed E-state index contributed by atoms with van der Waals surface area (Å²) in [7, 11) is 0. The second-order valence-corrected chi connectivity index (χ2v) is 10.9. The van der Waals surface area contributed by atoms with E-state index in [9.17, 15) is 9.59 Å². The summed E-state index contributed by atoms with van der Waals surface area (Å²) in [5.74, 6) is 0.782. The van der Waals surface area contributed by atoms with Gasteiger partial charge in [-0.2, -0.15) is 0 Å². The summed E-state index contributed by atoms with van der Waals surface area (Å²) in [6.07, 6.45) is 0.978. The van der Waals surface area contributed by atoms with Gasteiger partial charge >= 0.3 is 12.2 Å². The molecule has 2 saturated heterocycles.